The van der Waals surface area contributed by atoms with Gasteiger partial charge in [-0.3, -0.25) is 14.5 Å². The number of hydrogen-bond acceptors (Lipinski definition) is 6. The number of Topliss-reactive ketones (excluding diaryl/α,β-unsaturated/α-hetero) is 1. The first kappa shape index (κ1) is 22.8. The molecule has 2 saturated carbocycles. The molecule has 2 aliphatic heterocycles. The summed E-state index contributed by atoms with van der Waals surface area (Å²) in [6.45, 7) is 1.64. The number of phenolic OH excluding ortho intramolecular Hbond substituents is 1. The lowest BCUT2D eigenvalue weighted by Gasteiger charge is -2.63. The lowest BCUT2D eigenvalue weighted by Crippen LogP contribution is -2.78. The molecule has 2 heterocycles. The average molecular weight is 529 g/mol. The SMILES string of the molecule is O=C(Nc1ccc(Cl)cc1Cl)C1C[C@@]2(O)[C@H]3Cc4ccc(O)c5c4[C@@]2(CCN3CC2CC2)[C@@H](O5)C1=O. The minimum absolute atomic E-state index is 0.0108. The smallest absolute Gasteiger partial charge is 0.235 e. The van der Waals surface area contributed by atoms with Crippen LogP contribution in [0.15, 0.2) is 30.3 Å². The number of halogens is 2. The van der Waals surface area contributed by atoms with Gasteiger partial charge in [0.1, 0.15) is 5.92 Å². The van der Waals surface area contributed by atoms with E-state index in [0.29, 0.717) is 29.5 Å². The van der Waals surface area contributed by atoms with Crippen molar-refractivity contribution >= 4 is 40.6 Å². The van der Waals surface area contributed by atoms with E-state index >= 15 is 0 Å². The van der Waals surface area contributed by atoms with Gasteiger partial charge in [-0.1, -0.05) is 29.3 Å². The molecule has 5 aliphatic rings. The van der Waals surface area contributed by atoms with Gasteiger partial charge < -0.3 is 20.3 Å². The predicted molar refractivity (Wildman–Crippen MR) is 134 cm³/mol. The third-order valence-corrected chi connectivity index (χ3v) is 9.68. The van der Waals surface area contributed by atoms with Crippen molar-refractivity contribution in [2.24, 2.45) is 11.8 Å². The summed E-state index contributed by atoms with van der Waals surface area (Å²) >= 11 is 12.3. The highest BCUT2D eigenvalue weighted by Gasteiger charge is 2.75. The van der Waals surface area contributed by atoms with E-state index in [1.54, 1.807) is 18.2 Å². The Bertz CT molecular complexity index is 1330. The summed E-state index contributed by atoms with van der Waals surface area (Å²) in [6, 6.07) is 7.96. The molecule has 0 radical (unpaired) electrons. The number of likely N-dealkylation sites (tertiary alicyclic amines) is 1. The molecular weight excluding hydrogens is 503 g/mol. The van der Waals surface area contributed by atoms with Crippen molar-refractivity contribution in [2.75, 3.05) is 18.4 Å². The highest BCUT2D eigenvalue weighted by molar-refractivity contribution is 6.36. The van der Waals surface area contributed by atoms with Crippen LogP contribution < -0.4 is 10.1 Å². The van der Waals surface area contributed by atoms with E-state index in [0.717, 1.165) is 24.2 Å². The summed E-state index contributed by atoms with van der Waals surface area (Å²) < 4.78 is 6.18. The molecule has 36 heavy (non-hydrogen) atoms. The van der Waals surface area contributed by atoms with Crippen LogP contribution in [0.3, 0.4) is 0 Å². The molecule has 3 aliphatic carbocycles. The Morgan fingerprint density at radius 1 is 1.22 bits per heavy atom. The number of hydrogen-bond donors (Lipinski definition) is 3. The quantitative estimate of drug-likeness (QED) is 0.523. The van der Waals surface area contributed by atoms with E-state index in [-0.39, 0.29) is 34.8 Å². The van der Waals surface area contributed by atoms with E-state index in [4.69, 9.17) is 27.9 Å². The van der Waals surface area contributed by atoms with E-state index in [9.17, 15) is 19.8 Å². The molecule has 2 bridgehead atoms. The van der Waals surface area contributed by atoms with Gasteiger partial charge in [-0.2, -0.15) is 0 Å². The molecule has 3 fully saturated rings. The van der Waals surface area contributed by atoms with Crippen LogP contribution in [0.4, 0.5) is 5.69 Å². The van der Waals surface area contributed by atoms with E-state index in [2.05, 4.69) is 10.2 Å². The molecule has 2 aromatic rings. The van der Waals surface area contributed by atoms with Crippen LogP contribution in [0.5, 0.6) is 11.5 Å². The largest absolute Gasteiger partial charge is 0.504 e. The Hall–Kier alpha value is -2.32. The number of aromatic hydroxyl groups is 1. The van der Waals surface area contributed by atoms with Gasteiger partial charge in [-0.05, 0) is 74.4 Å². The number of aliphatic hydroxyl groups is 1. The maximum absolute atomic E-state index is 13.9. The van der Waals surface area contributed by atoms with Crippen molar-refractivity contribution in [3.63, 3.8) is 0 Å². The summed E-state index contributed by atoms with van der Waals surface area (Å²) in [5, 5.41) is 26.7. The zero-order valence-electron chi connectivity index (χ0n) is 19.5. The molecule has 1 saturated heterocycles. The number of rotatable bonds is 4. The molecule has 1 amide bonds. The van der Waals surface area contributed by atoms with E-state index < -0.39 is 28.9 Å². The predicted octanol–water partition coefficient (Wildman–Crippen LogP) is 3.70. The van der Waals surface area contributed by atoms with Crippen molar-refractivity contribution in [3.8, 4) is 11.5 Å². The maximum atomic E-state index is 13.9. The molecule has 1 unspecified atom stereocenters. The Balaban J connectivity index is 1.31. The second-order valence-corrected chi connectivity index (χ2v) is 11.9. The van der Waals surface area contributed by atoms with Crippen molar-refractivity contribution in [2.45, 2.75) is 55.3 Å². The van der Waals surface area contributed by atoms with Crippen LogP contribution in [0, 0.1) is 11.8 Å². The fourth-order valence-electron chi connectivity index (χ4n) is 7.33. The van der Waals surface area contributed by atoms with Crippen LogP contribution >= 0.6 is 23.2 Å². The first-order valence-corrected chi connectivity index (χ1v) is 13.3. The van der Waals surface area contributed by atoms with Crippen molar-refractivity contribution < 1.29 is 24.5 Å². The molecule has 7 nitrogen and oxygen atoms in total. The highest BCUT2D eigenvalue weighted by Crippen LogP contribution is 2.65. The van der Waals surface area contributed by atoms with Crippen LogP contribution in [0.1, 0.15) is 36.8 Å². The highest BCUT2D eigenvalue weighted by atomic mass is 35.5. The first-order valence-electron chi connectivity index (χ1n) is 12.5. The van der Waals surface area contributed by atoms with Crippen LogP contribution in [-0.4, -0.2) is 57.6 Å². The fourth-order valence-corrected chi connectivity index (χ4v) is 7.79. The number of carbonyl (C=O) groups excluding carboxylic acids is 2. The number of amides is 1. The second kappa shape index (κ2) is 7.60. The van der Waals surface area contributed by atoms with Gasteiger partial charge in [-0.25, -0.2) is 0 Å². The molecule has 9 heteroatoms. The zero-order chi connectivity index (χ0) is 25.0. The number of nitrogens with one attached hydrogen (secondary N) is 1. The molecule has 5 atom stereocenters. The number of carbonyl (C=O) groups is 2. The summed E-state index contributed by atoms with van der Waals surface area (Å²) in [5.41, 5.74) is -0.239. The molecule has 2 aromatic carbocycles. The van der Waals surface area contributed by atoms with Crippen molar-refractivity contribution in [1.82, 2.24) is 4.90 Å². The number of benzene rings is 2. The van der Waals surface area contributed by atoms with Gasteiger partial charge in [0.2, 0.25) is 5.91 Å². The monoisotopic (exact) mass is 528 g/mol. The normalized spacial score (nSPS) is 34.2. The molecule has 7 rings (SSSR count). The molecule has 188 valence electrons. The number of phenols is 1. The third kappa shape index (κ3) is 2.94. The summed E-state index contributed by atoms with van der Waals surface area (Å²) in [6.07, 6.45) is 2.44. The van der Waals surface area contributed by atoms with Crippen LogP contribution in [0.25, 0.3) is 0 Å². The number of ketones is 1. The minimum Gasteiger partial charge on any atom is -0.504 e. The van der Waals surface area contributed by atoms with E-state index in [1.807, 2.05) is 6.07 Å². The van der Waals surface area contributed by atoms with Gasteiger partial charge in [0.05, 0.1) is 21.7 Å². The minimum atomic E-state index is -1.36. The summed E-state index contributed by atoms with van der Waals surface area (Å²) in [5.74, 6) is -1.16. The number of ether oxygens (including phenoxy) is 1. The standard InChI is InChI=1S/C27H26Cl2N2O5/c28-15-4-5-18(17(29)10-15)30-25(34)16-11-27(35)20-9-14-3-6-19(32)23-21(14)26(27,24(36-23)22(16)33)7-8-31(20)12-13-1-2-13/h3-6,10,13,16,20,24,32,35H,1-2,7-9,11-12H2,(H,30,34)/t16?,20-,24+,26+,27-/m1/s1. The van der Waals surface area contributed by atoms with Crippen molar-refractivity contribution in [3.05, 3.63) is 51.5 Å². The Labute approximate surface area is 218 Å². The maximum Gasteiger partial charge on any atom is 0.235 e. The van der Waals surface area contributed by atoms with E-state index in [1.165, 1.54) is 18.9 Å². The summed E-state index contributed by atoms with van der Waals surface area (Å²) in [4.78, 5) is 29.8. The Morgan fingerprint density at radius 3 is 2.78 bits per heavy atom. The first-order chi connectivity index (χ1) is 17.2. The van der Waals surface area contributed by atoms with Gasteiger partial charge in [0.15, 0.2) is 23.4 Å². The molecular formula is C27H26Cl2N2O5. The average Bonchev–Trinajstić information content (AvgIpc) is 3.58. The number of piperidine rings is 1. The lowest BCUT2D eigenvalue weighted by atomic mass is 9.47. The lowest BCUT2D eigenvalue weighted by molar-refractivity contribution is -0.197. The fraction of sp³-hybridized carbons (Fsp3) is 0.481. The van der Waals surface area contributed by atoms with Gasteiger partial charge in [-0.15, -0.1) is 0 Å². The molecule has 3 N–H and O–H groups in total. The Kier molecular flexibility index (Phi) is 4.82. The van der Waals surface area contributed by atoms with Crippen molar-refractivity contribution in [1.29, 1.82) is 0 Å². The van der Waals surface area contributed by atoms with Crippen LogP contribution in [0.2, 0.25) is 10.0 Å². The van der Waals surface area contributed by atoms with Gasteiger partial charge >= 0.3 is 0 Å². The number of nitrogens with zero attached hydrogens (tertiary/aromatic N) is 1. The van der Waals surface area contributed by atoms with Crippen LogP contribution in [-0.2, 0) is 21.4 Å². The zero-order valence-corrected chi connectivity index (χ0v) is 21.0. The van der Waals surface area contributed by atoms with Gasteiger partial charge in [0, 0.05) is 23.2 Å². The second-order valence-electron chi connectivity index (χ2n) is 11.0. The summed E-state index contributed by atoms with van der Waals surface area (Å²) in [7, 11) is 0. The Morgan fingerprint density at radius 2 is 2.03 bits per heavy atom. The van der Waals surface area contributed by atoms with Gasteiger partial charge in [0.25, 0.3) is 0 Å². The molecule has 1 spiro atoms. The molecule has 0 aromatic heterocycles. The topological polar surface area (TPSA) is 99.1 Å². The third-order valence-electron chi connectivity index (χ3n) is 9.14. The number of anilines is 1.